The summed E-state index contributed by atoms with van der Waals surface area (Å²) in [7, 11) is 0. The van der Waals surface area contributed by atoms with Crippen molar-refractivity contribution in [1.82, 2.24) is 14.5 Å². The first-order valence-corrected chi connectivity index (χ1v) is 9.14. The van der Waals surface area contributed by atoms with Crippen LogP contribution in [0.2, 0.25) is 0 Å². The van der Waals surface area contributed by atoms with E-state index in [0.717, 1.165) is 26.2 Å². The first-order valence-electron chi connectivity index (χ1n) is 8.26. The van der Waals surface area contributed by atoms with E-state index in [0.29, 0.717) is 6.61 Å². The van der Waals surface area contributed by atoms with Gasteiger partial charge in [-0.15, -0.1) is 11.3 Å². The smallest absolute Gasteiger partial charge is 0.0885 e. The Balaban J connectivity index is 1.46. The third-order valence-electron chi connectivity index (χ3n) is 4.37. The molecule has 3 aromatic rings. The number of nitrogens with zero attached hydrogens (tertiary/aromatic N) is 3. The van der Waals surface area contributed by atoms with Crippen LogP contribution in [0.15, 0.2) is 60.4 Å². The second-order valence-electron chi connectivity index (χ2n) is 6.19. The van der Waals surface area contributed by atoms with E-state index in [-0.39, 0.29) is 6.10 Å². The number of hydrogen-bond acceptors (Lipinski definition) is 4. The quantitative estimate of drug-likeness (QED) is 0.712. The van der Waals surface area contributed by atoms with Gasteiger partial charge in [0.25, 0.3) is 0 Å². The summed E-state index contributed by atoms with van der Waals surface area (Å²) in [6.07, 6.45) is 5.98. The molecule has 4 nitrogen and oxygen atoms in total. The molecule has 0 N–H and O–H groups in total. The maximum absolute atomic E-state index is 6.24. The van der Waals surface area contributed by atoms with Crippen molar-refractivity contribution in [2.45, 2.75) is 32.3 Å². The lowest BCUT2D eigenvalue weighted by Gasteiger charge is -2.23. The molecule has 0 radical (unpaired) electrons. The fraction of sp³-hybridized carbons (Fsp3) is 0.316. The van der Waals surface area contributed by atoms with Gasteiger partial charge in [-0.05, 0) is 41.3 Å². The highest BCUT2D eigenvalue weighted by atomic mass is 32.1. The zero-order valence-electron chi connectivity index (χ0n) is 13.5. The van der Waals surface area contributed by atoms with Crippen LogP contribution in [0.25, 0.3) is 0 Å². The van der Waals surface area contributed by atoms with Gasteiger partial charge in [-0.25, -0.2) is 0 Å². The van der Waals surface area contributed by atoms with E-state index in [2.05, 4.69) is 50.3 Å². The van der Waals surface area contributed by atoms with Crippen molar-refractivity contribution in [1.29, 1.82) is 0 Å². The van der Waals surface area contributed by atoms with Crippen molar-refractivity contribution in [3.63, 3.8) is 0 Å². The molecule has 3 aromatic heterocycles. The maximum Gasteiger partial charge on any atom is 0.0885 e. The lowest BCUT2D eigenvalue weighted by Crippen LogP contribution is -2.32. The molecule has 0 fully saturated rings. The van der Waals surface area contributed by atoms with Crippen LogP contribution in [0.5, 0.6) is 0 Å². The number of hydrogen-bond donors (Lipinski definition) is 0. The summed E-state index contributed by atoms with van der Waals surface area (Å²) in [6, 6.07) is 12.7. The Morgan fingerprint density at radius 1 is 1.12 bits per heavy atom. The number of pyridine rings is 1. The molecular weight excluding hydrogens is 318 g/mol. The SMILES string of the molecule is c1csc(CN2Cc3cccn3C[C@H](OCc3ccncc3)C2)c1. The van der Waals surface area contributed by atoms with Crippen molar-refractivity contribution in [3.8, 4) is 0 Å². The molecule has 1 aliphatic heterocycles. The summed E-state index contributed by atoms with van der Waals surface area (Å²) in [4.78, 5) is 7.96. The van der Waals surface area contributed by atoms with E-state index in [1.165, 1.54) is 16.1 Å². The molecule has 0 spiro atoms. The minimum atomic E-state index is 0.187. The molecule has 124 valence electrons. The Bertz CT molecular complexity index is 754. The van der Waals surface area contributed by atoms with Gasteiger partial charge >= 0.3 is 0 Å². The first kappa shape index (κ1) is 15.6. The molecule has 0 bridgehead atoms. The van der Waals surface area contributed by atoms with Crippen LogP contribution in [0.1, 0.15) is 16.1 Å². The number of aromatic nitrogens is 2. The highest BCUT2D eigenvalue weighted by molar-refractivity contribution is 7.09. The van der Waals surface area contributed by atoms with Crippen molar-refractivity contribution < 1.29 is 4.74 Å². The molecule has 1 atom stereocenters. The summed E-state index contributed by atoms with van der Waals surface area (Å²) in [5.41, 5.74) is 2.54. The summed E-state index contributed by atoms with van der Waals surface area (Å²) >= 11 is 1.82. The third kappa shape index (κ3) is 3.75. The Labute approximate surface area is 146 Å². The van der Waals surface area contributed by atoms with E-state index < -0.39 is 0 Å². The summed E-state index contributed by atoms with van der Waals surface area (Å²) in [6.45, 7) is 4.45. The molecular formula is C19H21N3OS. The second kappa shape index (κ2) is 7.30. The van der Waals surface area contributed by atoms with Gasteiger partial charge in [0.1, 0.15) is 0 Å². The van der Waals surface area contributed by atoms with E-state index >= 15 is 0 Å². The lowest BCUT2D eigenvalue weighted by atomic mass is 10.2. The van der Waals surface area contributed by atoms with Gasteiger partial charge in [0.15, 0.2) is 0 Å². The van der Waals surface area contributed by atoms with E-state index in [4.69, 9.17) is 4.74 Å². The fourth-order valence-electron chi connectivity index (χ4n) is 3.17. The Hall–Kier alpha value is -1.95. The zero-order valence-corrected chi connectivity index (χ0v) is 14.4. The van der Waals surface area contributed by atoms with Crippen molar-refractivity contribution >= 4 is 11.3 Å². The molecule has 0 saturated carbocycles. The number of fused-ring (bicyclic) bond motifs is 1. The largest absolute Gasteiger partial charge is 0.370 e. The number of rotatable bonds is 5. The molecule has 0 aliphatic carbocycles. The normalized spacial score (nSPS) is 18.2. The van der Waals surface area contributed by atoms with Gasteiger partial charge in [-0.1, -0.05) is 6.07 Å². The molecule has 24 heavy (non-hydrogen) atoms. The third-order valence-corrected chi connectivity index (χ3v) is 5.23. The van der Waals surface area contributed by atoms with Gasteiger partial charge in [0, 0.05) is 55.3 Å². The molecule has 5 heteroatoms. The van der Waals surface area contributed by atoms with Gasteiger partial charge in [-0.3, -0.25) is 9.88 Å². The van der Waals surface area contributed by atoms with Crippen LogP contribution in [-0.2, 0) is 31.0 Å². The molecule has 0 aromatic carbocycles. The summed E-state index contributed by atoms with van der Waals surface area (Å²) in [5.74, 6) is 0. The molecule has 1 aliphatic rings. The highest BCUT2D eigenvalue weighted by Gasteiger charge is 2.22. The van der Waals surface area contributed by atoms with Gasteiger partial charge < -0.3 is 9.30 Å². The standard InChI is InChI=1S/C19H21N3OS/c1-3-17-11-21(14-19-4-2-10-24-19)12-18(13-22(17)9-1)23-15-16-5-7-20-8-6-16/h1-10,18H,11-15H2/t18-/m1/s1. The van der Waals surface area contributed by atoms with Crippen LogP contribution in [0.3, 0.4) is 0 Å². The van der Waals surface area contributed by atoms with Crippen LogP contribution >= 0.6 is 11.3 Å². The van der Waals surface area contributed by atoms with Gasteiger partial charge in [0.05, 0.1) is 12.7 Å². The molecule has 0 saturated heterocycles. The van der Waals surface area contributed by atoms with E-state index in [1.807, 2.05) is 35.9 Å². The monoisotopic (exact) mass is 339 g/mol. The van der Waals surface area contributed by atoms with Crippen LogP contribution in [0, 0.1) is 0 Å². The number of thiophene rings is 1. The van der Waals surface area contributed by atoms with Crippen molar-refractivity contribution in [3.05, 3.63) is 76.5 Å². The highest BCUT2D eigenvalue weighted by Crippen LogP contribution is 2.20. The van der Waals surface area contributed by atoms with Crippen LogP contribution < -0.4 is 0 Å². The minimum absolute atomic E-state index is 0.187. The maximum atomic E-state index is 6.24. The predicted octanol–water partition coefficient (Wildman–Crippen LogP) is 3.55. The Morgan fingerprint density at radius 3 is 2.88 bits per heavy atom. The van der Waals surface area contributed by atoms with Gasteiger partial charge in [-0.2, -0.15) is 0 Å². The van der Waals surface area contributed by atoms with E-state index in [9.17, 15) is 0 Å². The molecule has 4 rings (SSSR count). The van der Waals surface area contributed by atoms with Crippen LogP contribution in [0.4, 0.5) is 0 Å². The summed E-state index contributed by atoms with van der Waals surface area (Å²) < 4.78 is 8.56. The first-order chi connectivity index (χ1) is 11.9. The molecule has 4 heterocycles. The average molecular weight is 339 g/mol. The Kier molecular flexibility index (Phi) is 4.74. The minimum Gasteiger partial charge on any atom is -0.370 e. The molecule has 0 unspecified atom stereocenters. The number of ether oxygens (including phenoxy) is 1. The average Bonchev–Trinajstić information content (AvgIpc) is 3.23. The summed E-state index contributed by atoms with van der Waals surface area (Å²) in [5, 5.41) is 2.15. The lowest BCUT2D eigenvalue weighted by molar-refractivity contribution is 0.00884. The second-order valence-corrected chi connectivity index (χ2v) is 7.22. The fourth-order valence-corrected chi connectivity index (χ4v) is 3.92. The topological polar surface area (TPSA) is 30.3 Å². The van der Waals surface area contributed by atoms with Crippen molar-refractivity contribution in [2.24, 2.45) is 0 Å². The predicted molar refractivity (Wildman–Crippen MR) is 95.7 cm³/mol. The van der Waals surface area contributed by atoms with Gasteiger partial charge in [0.2, 0.25) is 0 Å². The zero-order chi connectivity index (χ0) is 16.2. The van der Waals surface area contributed by atoms with Crippen LogP contribution in [-0.4, -0.2) is 27.1 Å². The molecule has 0 amide bonds. The van der Waals surface area contributed by atoms with Crippen molar-refractivity contribution in [2.75, 3.05) is 6.54 Å². The Morgan fingerprint density at radius 2 is 2.04 bits per heavy atom. The van der Waals surface area contributed by atoms with E-state index in [1.54, 1.807) is 0 Å².